The molecule has 0 unspecified atom stereocenters. The molecule has 3 aromatic rings. The maximum absolute atomic E-state index is 12.6. The molecule has 0 aliphatic rings. The Kier molecular flexibility index (Phi) is 4.78. The smallest absolute Gasteiger partial charge is 0.233 e. The third-order valence-electron chi connectivity index (χ3n) is 3.45. The van der Waals surface area contributed by atoms with E-state index in [1.165, 1.54) is 11.3 Å². The normalized spacial score (nSPS) is 10.5. The van der Waals surface area contributed by atoms with Gasteiger partial charge in [-0.1, -0.05) is 24.3 Å². The first-order valence-electron chi connectivity index (χ1n) is 7.49. The summed E-state index contributed by atoms with van der Waals surface area (Å²) >= 11 is 1.52. The highest BCUT2D eigenvalue weighted by molar-refractivity contribution is 7.13. The van der Waals surface area contributed by atoms with Gasteiger partial charge in [-0.15, -0.1) is 11.3 Å². The summed E-state index contributed by atoms with van der Waals surface area (Å²) in [6, 6.07) is 15.4. The zero-order valence-electron chi connectivity index (χ0n) is 12.8. The number of amides is 1. The Morgan fingerprint density at radius 3 is 2.61 bits per heavy atom. The molecule has 116 valence electrons. The number of para-hydroxylation sites is 1. The molecule has 0 N–H and O–H groups in total. The maximum atomic E-state index is 12.6. The van der Waals surface area contributed by atoms with Gasteiger partial charge in [0, 0.05) is 23.8 Å². The number of benzene rings is 1. The number of nitrogens with zero attached hydrogens (tertiary/aromatic N) is 3. The third kappa shape index (κ3) is 3.63. The first kappa shape index (κ1) is 15.4. The molecule has 0 atom stereocenters. The number of rotatable bonds is 5. The van der Waals surface area contributed by atoms with Gasteiger partial charge in [0.2, 0.25) is 5.91 Å². The quantitative estimate of drug-likeness (QED) is 0.717. The van der Waals surface area contributed by atoms with E-state index in [4.69, 9.17) is 0 Å². The number of hydrogen-bond acceptors (Lipinski definition) is 4. The predicted molar refractivity (Wildman–Crippen MR) is 93.5 cm³/mol. The molecule has 0 saturated heterocycles. The summed E-state index contributed by atoms with van der Waals surface area (Å²) in [5.41, 5.74) is 2.54. The Morgan fingerprint density at radius 2 is 1.91 bits per heavy atom. The summed E-state index contributed by atoms with van der Waals surface area (Å²) < 4.78 is 0. The van der Waals surface area contributed by atoms with Gasteiger partial charge in [-0.05, 0) is 31.2 Å². The molecule has 0 aliphatic carbocycles. The molecular weight excluding hydrogens is 306 g/mol. The molecule has 1 amide bonds. The highest BCUT2D eigenvalue weighted by Gasteiger charge is 2.16. The largest absolute Gasteiger partial charge is 0.312 e. The van der Waals surface area contributed by atoms with Gasteiger partial charge in [0.1, 0.15) is 5.01 Å². The topological polar surface area (TPSA) is 46.1 Å². The van der Waals surface area contributed by atoms with E-state index in [0.29, 0.717) is 13.0 Å². The van der Waals surface area contributed by atoms with E-state index in [2.05, 4.69) is 9.97 Å². The monoisotopic (exact) mass is 323 g/mol. The number of hydrogen-bond donors (Lipinski definition) is 0. The second-order valence-corrected chi connectivity index (χ2v) is 5.87. The Morgan fingerprint density at radius 1 is 1.13 bits per heavy atom. The second-order valence-electron chi connectivity index (χ2n) is 5.01. The fourth-order valence-electron chi connectivity index (χ4n) is 2.36. The van der Waals surface area contributed by atoms with Gasteiger partial charge in [-0.25, -0.2) is 4.98 Å². The van der Waals surface area contributed by atoms with E-state index in [-0.39, 0.29) is 5.91 Å². The van der Waals surface area contributed by atoms with Crippen molar-refractivity contribution in [3.05, 3.63) is 65.8 Å². The van der Waals surface area contributed by atoms with Crippen molar-refractivity contribution in [3.63, 3.8) is 0 Å². The molecule has 0 fully saturated rings. The van der Waals surface area contributed by atoms with Gasteiger partial charge in [0.25, 0.3) is 0 Å². The maximum Gasteiger partial charge on any atom is 0.233 e. The zero-order valence-corrected chi connectivity index (χ0v) is 13.7. The number of pyridine rings is 1. The van der Waals surface area contributed by atoms with Crippen molar-refractivity contribution in [2.45, 2.75) is 13.3 Å². The average molecular weight is 323 g/mol. The third-order valence-corrected chi connectivity index (χ3v) is 4.37. The Bertz CT molecular complexity index is 771. The highest BCUT2D eigenvalue weighted by Crippen LogP contribution is 2.22. The van der Waals surface area contributed by atoms with Crippen LogP contribution in [0.2, 0.25) is 0 Å². The van der Waals surface area contributed by atoms with E-state index in [0.717, 1.165) is 22.1 Å². The lowest BCUT2D eigenvalue weighted by Crippen LogP contribution is -2.32. The number of likely N-dealkylation sites (N-methyl/N-ethyl adjacent to an activating group) is 1. The zero-order chi connectivity index (χ0) is 16.1. The Balaban J connectivity index is 1.74. The summed E-state index contributed by atoms with van der Waals surface area (Å²) in [6.45, 7) is 2.62. The van der Waals surface area contributed by atoms with Crippen LogP contribution >= 0.6 is 11.3 Å². The minimum absolute atomic E-state index is 0.0524. The molecular formula is C18H17N3OS. The minimum atomic E-state index is 0.0524. The standard InChI is InChI=1S/C18H17N3OS/c1-2-21(15-8-4-3-5-9-15)17(22)12-14-13-23-18(20-14)16-10-6-7-11-19-16/h3-11,13H,2,12H2,1H3. The molecule has 2 aromatic heterocycles. The van der Waals surface area contributed by atoms with Crippen molar-refractivity contribution in [2.24, 2.45) is 0 Å². The van der Waals surface area contributed by atoms with Crippen LogP contribution in [0.15, 0.2) is 60.1 Å². The number of carbonyl (C=O) groups excluding carboxylic acids is 1. The van der Waals surface area contributed by atoms with Gasteiger partial charge in [0.15, 0.2) is 0 Å². The predicted octanol–water partition coefficient (Wildman–Crippen LogP) is 3.80. The van der Waals surface area contributed by atoms with Gasteiger partial charge >= 0.3 is 0 Å². The van der Waals surface area contributed by atoms with Crippen molar-refractivity contribution in [3.8, 4) is 10.7 Å². The van der Waals surface area contributed by atoms with E-state index < -0.39 is 0 Å². The van der Waals surface area contributed by atoms with E-state index in [9.17, 15) is 4.79 Å². The highest BCUT2D eigenvalue weighted by atomic mass is 32.1. The lowest BCUT2D eigenvalue weighted by molar-refractivity contribution is -0.118. The van der Waals surface area contributed by atoms with Crippen LogP contribution in [-0.4, -0.2) is 22.4 Å². The van der Waals surface area contributed by atoms with Gasteiger partial charge in [-0.3, -0.25) is 9.78 Å². The summed E-state index contributed by atoms with van der Waals surface area (Å²) in [7, 11) is 0. The first-order chi connectivity index (χ1) is 11.3. The molecule has 0 bridgehead atoms. The molecule has 3 rings (SSSR count). The van der Waals surface area contributed by atoms with Gasteiger partial charge in [0.05, 0.1) is 17.8 Å². The molecule has 2 heterocycles. The van der Waals surface area contributed by atoms with Crippen LogP contribution in [-0.2, 0) is 11.2 Å². The van der Waals surface area contributed by atoms with Crippen LogP contribution < -0.4 is 4.90 Å². The van der Waals surface area contributed by atoms with Crippen molar-refractivity contribution in [1.82, 2.24) is 9.97 Å². The molecule has 1 aromatic carbocycles. The number of thiazole rings is 1. The van der Waals surface area contributed by atoms with Crippen LogP contribution in [0.3, 0.4) is 0 Å². The van der Waals surface area contributed by atoms with Gasteiger partial charge in [-0.2, -0.15) is 0 Å². The Hall–Kier alpha value is -2.53. The van der Waals surface area contributed by atoms with E-state index >= 15 is 0 Å². The number of aromatic nitrogens is 2. The molecule has 0 radical (unpaired) electrons. The van der Waals surface area contributed by atoms with Gasteiger partial charge < -0.3 is 4.90 Å². The average Bonchev–Trinajstić information content (AvgIpc) is 3.06. The summed E-state index contributed by atoms with van der Waals surface area (Å²) in [4.78, 5) is 23.2. The van der Waals surface area contributed by atoms with E-state index in [1.807, 2.05) is 60.8 Å². The summed E-state index contributed by atoms with van der Waals surface area (Å²) in [6.07, 6.45) is 2.04. The second kappa shape index (κ2) is 7.15. The minimum Gasteiger partial charge on any atom is -0.312 e. The molecule has 4 nitrogen and oxygen atoms in total. The summed E-state index contributed by atoms with van der Waals surface area (Å²) in [5.74, 6) is 0.0524. The molecule has 0 saturated carbocycles. The lowest BCUT2D eigenvalue weighted by Gasteiger charge is -2.20. The molecule has 0 aliphatic heterocycles. The van der Waals surface area contributed by atoms with Crippen LogP contribution in [0, 0.1) is 0 Å². The van der Waals surface area contributed by atoms with Crippen LogP contribution in [0.5, 0.6) is 0 Å². The first-order valence-corrected chi connectivity index (χ1v) is 8.37. The molecule has 5 heteroatoms. The van der Waals surface area contributed by atoms with E-state index in [1.54, 1.807) is 11.1 Å². The van der Waals surface area contributed by atoms with Crippen molar-refractivity contribution in [2.75, 3.05) is 11.4 Å². The number of carbonyl (C=O) groups is 1. The van der Waals surface area contributed by atoms with Crippen molar-refractivity contribution >= 4 is 22.9 Å². The van der Waals surface area contributed by atoms with Crippen molar-refractivity contribution < 1.29 is 4.79 Å². The molecule has 0 spiro atoms. The fourth-order valence-corrected chi connectivity index (χ4v) is 3.15. The van der Waals surface area contributed by atoms with Crippen molar-refractivity contribution in [1.29, 1.82) is 0 Å². The summed E-state index contributed by atoms with van der Waals surface area (Å²) in [5, 5.41) is 2.77. The van der Waals surface area contributed by atoms with Crippen LogP contribution in [0.1, 0.15) is 12.6 Å². The molecule has 23 heavy (non-hydrogen) atoms. The van der Waals surface area contributed by atoms with Crippen LogP contribution in [0.25, 0.3) is 10.7 Å². The Labute approximate surface area is 139 Å². The SMILES string of the molecule is CCN(C(=O)Cc1csc(-c2ccccn2)n1)c1ccccc1. The fraction of sp³-hybridized carbons (Fsp3) is 0.167. The van der Waals surface area contributed by atoms with Crippen LogP contribution in [0.4, 0.5) is 5.69 Å². The number of anilines is 1. The lowest BCUT2D eigenvalue weighted by atomic mass is 10.2.